The summed E-state index contributed by atoms with van der Waals surface area (Å²) in [5, 5.41) is 2.27. The highest BCUT2D eigenvalue weighted by Crippen LogP contribution is 2.27. The summed E-state index contributed by atoms with van der Waals surface area (Å²) in [6.45, 7) is 0.597. The van der Waals surface area contributed by atoms with Crippen molar-refractivity contribution in [1.82, 2.24) is 4.72 Å². The Bertz CT molecular complexity index is 1030. The quantitative estimate of drug-likeness (QED) is 0.662. The molecule has 1 heterocycles. The minimum Gasteiger partial charge on any atom is -0.380 e. The first-order valence-corrected chi connectivity index (χ1v) is 10.7. The lowest BCUT2D eigenvalue weighted by Crippen LogP contribution is -2.35. The van der Waals surface area contributed by atoms with E-state index < -0.39 is 38.5 Å². The van der Waals surface area contributed by atoms with Crippen molar-refractivity contribution in [2.75, 3.05) is 18.5 Å². The number of carbonyl (C=O) groups is 1. The highest BCUT2D eigenvalue weighted by molar-refractivity contribution is 9.10. The molecule has 2 N–H and O–H groups in total. The molecule has 28 heavy (non-hydrogen) atoms. The van der Waals surface area contributed by atoms with Gasteiger partial charge in [0.2, 0.25) is 10.0 Å². The lowest BCUT2D eigenvalue weighted by molar-refractivity contribution is 0.102. The monoisotopic (exact) mass is 494 g/mol. The summed E-state index contributed by atoms with van der Waals surface area (Å²) in [5.41, 5.74) is 0.0724. The first-order chi connectivity index (χ1) is 13.2. The number of benzene rings is 2. The fourth-order valence-corrected chi connectivity index (χ4v) is 4.61. The van der Waals surface area contributed by atoms with Gasteiger partial charge in [-0.1, -0.05) is 11.6 Å². The van der Waals surface area contributed by atoms with Crippen LogP contribution in [0.3, 0.4) is 0 Å². The number of amides is 1. The largest absolute Gasteiger partial charge is 0.380 e. The number of hydrogen-bond donors (Lipinski definition) is 2. The third-order valence-electron chi connectivity index (χ3n) is 3.98. The predicted molar refractivity (Wildman–Crippen MR) is 103 cm³/mol. The first kappa shape index (κ1) is 21.1. The summed E-state index contributed by atoms with van der Waals surface area (Å²) >= 11 is 8.73. The summed E-state index contributed by atoms with van der Waals surface area (Å²) in [6.07, 6.45) is 0.468. The normalized spacial score (nSPS) is 16.9. The van der Waals surface area contributed by atoms with Crippen molar-refractivity contribution in [3.63, 3.8) is 0 Å². The van der Waals surface area contributed by atoms with Crippen molar-refractivity contribution >= 4 is 49.1 Å². The molecule has 0 aromatic heterocycles. The molecule has 11 heteroatoms. The molecule has 150 valence electrons. The van der Waals surface area contributed by atoms with Crippen molar-refractivity contribution < 1.29 is 26.7 Å². The molecule has 3 rings (SSSR count). The number of hydrogen-bond acceptors (Lipinski definition) is 4. The number of rotatable bonds is 5. The van der Waals surface area contributed by atoms with Gasteiger partial charge in [-0.15, -0.1) is 0 Å². The fourth-order valence-electron chi connectivity index (χ4n) is 2.59. The maximum Gasteiger partial charge on any atom is 0.256 e. The Morgan fingerprint density at radius 3 is 2.61 bits per heavy atom. The second kappa shape index (κ2) is 8.42. The van der Waals surface area contributed by atoms with E-state index in [9.17, 15) is 22.0 Å². The minimum atomic E-state index is -4.21. The summed E-state index contributed by atoms with van der Waals surface area (Å²) in [4.78, 5) is 11.9. The summed E-state index contributed by atoms with van der Waals surface area (Å²) in [7, 11) is -4.21. The molecule has 0 aliphatic carbocycles. The molecule has 1 amide bonds. The molecule has 1 atom stereocenters. The Balaban J connectivity index is 1.89. The number of nitrogens with one attached hydrogen (secondary N) is 2. The van der Waals surface area contributed by atoms with Crippen LogP contribution in [0.25, 0.3) is 0 Å². The van der Waals surface area contributed by atoms with E-state index in [1.807, 2.05) is 0 Å². The zero-order chi connectivity index (χ0) is 20.5. The topological polar surface area (TPSA) is 84.5 Å². The second-order valence-corrected chi connectivity index (χ2v) is 8.97. The smallest absolute Gasteiger partial charge is 0.256 e. The van der Waals surface area contributed by atoms with Crippen LogP contribution < -0.4 is 10.0 Å². The molecule has 1 aliphatic heterocycles. The van der Waals surface area contributed by atoms with Gasteiger partial charge in [0.25, 0.3) is 5.91 Å². The molecule has 0 spiro atoms. The molecule has 0 radical (unpaired) electrons. The first-order valence-electron chi connectivity index (χ1n) is 8.03. The Labute approximate surface area is 173 Å². The summed E-state index contributed by atoms with van der Waals surface area (Å²) < 4.78 is 60.1. The highest BCUT2D eigenvalue weighted by atomic mass is 79.9. The van der Waals surface area contributed by atoms with Crippen LogP contribution >= 0.6 is 27.5 Å². The maximum absolute atomic E-state index is 14.3. The number of sulfonamides is 1. The van der Waals surface area contributed by atoms with Crippen molar-refractivity contribution in [3.8, 4) is 0 Å². The number of carbonyl (C=O) groups excluding carboxylic acids is 1. The number of ether oxygens (including phenoxy) is 1. The van der Waals surface area contributed by atoms with E-state index in [0.29, 0.717) is 13.0 Å². The molecule has 0 saturated carbocycles. The van der Waals surface area contributed by atoms with E-state index in [0.717, 1.165) is 18.2 Å². The standard InChI is InChI=1S/C17H14BrClF2N2O4S/c18-12-7-15(21)16(28(25,26)23-10-3-4-27-8-10)6-11(12)17(24)22-9-1-2-14(20)13(19)5-9/h1-2,5-7,10,23H,3-4,8H2,(H,22,24)/t10-/m0/s1. The van der Waals surface area contributed by atoms with Gasteiger partial charge in [-0.3, -0.25) is 4.79 Å². The Morgan fingerprint density at radius 1 is 1.21 bits per heavy atom. The molecule has 2 aromatic rings. The zero-order valence-corrected chi connectivity index (χ0v) is 17.3. The molecule has 6 nitrogen and oxygen atoms in total. The maximum atomic E-state index is 14.3. The van der Waals surface area contributed by atoms with Gasteiger partial charge in [0.15, 0.2) is 0 Å². The van der Waals surface area contributed by atoms with Crippen LogP contribution in [-0.4, -0.2) is 33.6 Å². The minimum absolute atomic E-state index is 0.0545. The predicted octanol–water partition coefficient (Wildman–Crippen LogP) is 3.70. The van der Waals surface area contributed by atoms with Crippen LogP contribution in [0.2, 0.25) is 5.02 Å². The van der Waals surface area contributed by atoms with Crippen molar-refractivity contribution in [1.29, 1.82) is 0 Å². The average Bonchev–Trinajstić information content (AvgIpc) is 3.10. The molecule has 1 aliphatic rings. The van der Waals surface area contributed by atoms with Gasteiger partial charge in [0, 0.05) is 22.8 Å². The SMILES string of the molecule is O=C(Nc1ccc(F)c(Cl)c1)c1cc(S(=O)(=O)N[C@H]2CCOC2)c(F)cc1Br. The van der Waals surface area contributed by atoms with Gasteiger partial charge >= 0.3 is 0 Å². The highest BCUT2D eigenvalue weighted by Gasteiger charge is 2.28. The Hall–Kier alpha value is -1.59. The van der Waals surface area contributed by atoms with E-state index in [-0.39, 0.29) is 27.4 Å². The molecular weight excluding hydrogens is 482 g/mol. The fraction of sp³-hybridized carbons (Fsp3) is 0.235. The van der Waals surface area contributed by atoms with Crippen LogP contribution in [0.1, 0.15) is 16.8 Å². The molecule has 0 unspecified atom stereocenters. The van der Waals surface area contributed by atoms with E-state index >= 15 is 0 Å². The van der Waals surface area contributed by atoms with Crippen molar-refractivity contribution in [2.24, 2.45) is 0 Å². The number of anilines is 1. The Kier molecular flexibility index (Phi) is 6.35. The summed E-state index contributed by atoms with van der Waals surface area (Å²) in [5.74, 6) is -2.40. The van der Waals surface area contributed by atoms with Crippen LogP contribution in [0, 0.1) is 11.6 Å². The van der Waals surface area contributed by atoms with E-state index in [1.165, 1.54) is 12.1 Å². The third kappa shape index (κ3) is 4.69. The zero-order valence-electron chi connectivity index (χ0n) is 14.1. The number of halogens is 4. The molecule has 2 aromatic carbocycles. The molecular formula is C17H14BrClF2N2O4S. The molecule has 1 saturated heterocycles. The van der Waals surface area contributed by atoms with Crippen LogP contribution in [0.4, 0.5) is 14.5 Å². The van der Waals surface area contributed by atoms with Crippen molar-refractivity contribution in [2.45, 2.75) is 17.4 Å². The van der Waals surface area contributed by atoms with Gasteiger partial charge in [-0.25, -0.2) is 21.9 Å². The van der Waals surface area contributed by atoms with Crippen molar-refractivity contribution in [3.05, 3.63) is 57.0 Å². The van der Waals surface area contributed by atoms with Gasteiger partial charge in [-0.2, -0.15) is 0 Å². The van der Waals surface area contributed by atoms with Crippen LogP contribution in [0.15, 0.2) is 39.7 Å². The van der Waals surface area contributed by atoms with Gasteiger partial charge < -0.3 is 10.1 Å². The second-order valence-electron chi connectivity index (χ2n) is 6.03. The van der Waals surface area contributed by atoms with E-state index in [1.54, 1.807) is 0 Å². The molecule has 0 bridgehead atoms. The van der Waals surface area contributed by atoms with Gasteiger partial charge in [0.1, 0.15) is 16.5 Å². The van der Waals surface area contributed by atoms with Crippen LogP contribution in [-0.2, 0) is 14.8 Å². The van der Waals surface area contributed by atoms with Gasteiger partial charge in [-0.05, 0) is 52.7 Å². The van der Waals surface area contributed by atoms with Gasteiger partial charge in [0.05, 0.1) is 17.2 Å². The third-order valence-corrected chi connectivity index (χ3v) is 6.47. The average molecular weight is 496 g/mol. The van der Waals surface area contributed by atoms with E-state index in [4.69, 9.17) is 16.3 Å². The Morgan fingerprint density at radius 2 is 1.96 bits per heavy atom. The summed E-state index contributed by atoms with van der Waals surface area (Å²) in [6, 6.07) is 4.92. The lowest BCUT2D eigenvalue weighted by atomic mass is 10.2. The lowest BCUT2D eigenvalue weighted by Gasteiger charge is -2.14. The molecule has 1 fully saturated rings. The van der Waals surface area contributed by atoms with E-state index in [2.05, 4.69) is 26.0 Å². The van der Waals surface area contributed by atoms with Crippen LogP contribution in [0.5, 0.6) is 0 Å².